The maximum atomic E-state index is 14.9. The molecule has 2 radical (unpaired) electrons. The first-order chi connectivity index (χ1) is 27.7. The van der Waals surface area contributed by atoms with E-state index in [2.05, 4.69) is 55.5 Å². The molecule has 0 bridgehead atoms. The Bertz CT molecular complexity index is 2500. The standard InChI is InChI=1S/C24H10BF10Si.C10H9.2C6H5.Zr/c1-36(2)6-9-11(13-17(28)21(32)24(35)22(33)18(13)29)10-7(4-3-5-8(10)14(9)25)12-15(26)19(30)23(34)20(31)16(12)27;1-8-6-9-4-2-3-5-10(9)7-8;2*1-2-4-6-5-3-1;/h3-6H,1-2H3;2-7H,1H3;2*1-5H;/q;3*-1;+3. The number of fused-ring (bicyclic) bond motifs is 2. The number of halogens is 10. The van der Waals surface area contributed by atoms with Gasteiger partial charge < -0.3 is 0 Å². The van der Waals surface area contributed by atoms with Gasteiger partial charge in [-0.05, 0) is 0 Å². The van der Waals surface area contributed by atoms with Gasteiger partial charge in [-0.15, -0.1) is 40.6 Å². The minimum atomic E-state index is -2.45. The van der Waals surface area contributed by atoms with E-state index in [0.29, 0.717) is 0 Å². The molecule has 0 nitrogen and oxygen atoms in total. The quantitative estimate of drug-likeness (QED) is 0.0545. The Morgan fingerprint density at radius 1 is 0.525 bits per heavy atom. The van der Waals surface area contributed by atoms with Gasteiger partial charge in [0.15, 0.2) is 0 Å². The predicted molar refractivity (Wildman–Crippen MR) is 212 cm³/mol. The molecule has 0 aromatic heterocycles. The van der Waals surface area contributed by atoms with Crippen LogP contribution in [0.5, 0.6) is 0 Å². The summed E-state index contributed by atoms with van der Waals surface area (Å²) in [5, 5.41) is 2.69. The van der Waals surface area contributed by atoms with Crippen LogP contribution in [0.25, 0.3) is 27.5 Å². The normalized spacial score (nSPS) is 11.3. The third-order valence-corrected chi connectivity index (χ3v) is 9.38. The summed E-state index contributed by atoms with van der Waals surface area (Å²) < 4.78 is 143. The van der Waals surface area contributed by atoms with Crippen LogP contribution in [-0.4, -0.2) is 27.0 Å². The summed E-state index contributed by atoms with van der Waals surface area (Å²) in [6, 6.07) is 41.1. The van der Waals surface area contributed by atoms with Crippen molar-refractivity contribution in [3.05, 3.63) is 213 Å². The molecule has 0 unspecified atom stereocenters. The smallest absolute Gasteiger partial charge is 0.184 e. The first-order valence-electron chi connectivity index (χ1n) is 17.3. The Morgan fingerprint density at radius 2 is 0.966 bits per heavy atom. The second kappa shape index (κ2) is 20.7. The molecule has 0 spiro atoms. The van der Waals surface area contributed by atoms with Crippen LogP contribution in [0.3, 0.4) is 0 Å². The molecule has 0 aliphatic heterocycles. The fourth-order valence-electron chi connectivity index (χ4n) is 6.02. The van der Waals surface area contributed by atoms with Crippen LogP contribution in [0.1, 0.15) is 22.3 Å². The van der Waals surface area contributed by atoms with Gasteiger partial charge in [0, 0.05) is 0 Å². The first kappa shape index (κ1) is 46.6. The molecule has 8 rings (SSSR count). The monoisotopic (exact) mass is 900 g/mol. The Morgan fingerprint density at radius 3 is 1.39 bits per heavy atom. The van der Waals surface area contributed by atoms with Gasteiger partial charge in [-0.25, -0.2) is 0 Å². The summed E-state index contributed by atoms with van der Waals surface area (Å²) in [4.78, 5) is 0. The van der Waals surface area contributed by atoms with E-state index in [9.17, 15) is 43.9 Å². The fraction of sp³-hybridized carbons (Fsp3) is 0.0652. The molecule has 0 saturated heterocycles. The Balaban J connectivity index is 0.000000266. The number of rotatable bonds is 3. The van der Waals surface area contributed by atoms with Crippen molar-refractivity contribution >= 4 is 43.4 Å². The van der Waals surface area contributed by atoms with Crippen molar-refractivity contribution in [2.75, 3.05) is 0 Å². The Labute approximate surface area is 356 Å². The number of allylic oxidation sites excluding steroid dienone is 1. The zero-order chi connectivity index (χ0) is 42.3. The van der Waals surface area contributed by atoms with Crippen LogP contribution < -0.4 is 0 Å². The van der Waals surface area contributed by atoms with E-state index in [1.165, 1.54) is 28.1 Å². The van der Waals surface area contributed by atoms with E-state index in [1.807, 2.05) is 60.7 Å². The largest absolute Gasteiger partial charge is 3.00 e. The van der Waals surface area contributed by atoms with Crippen LogP contribution >= 0.6 is 0 Å². The Kier molecular flexibility index (Phi) is 16.3. The Hall–Kier alpha value is -5.13. The molecule has 0 fully saturated rings. The van der Waals surface area contributed by atoms with Crippen LogP contribution in [0.4, 0.5) is 43.9 Å². The van der Waals surface area contributed by atoms with Crippen LogP contribution in [0.15, 0.2) is 121 Å². The molecule has 0 amide bonds. The van der Waals surface area contributed by atoms with Gasteiger partial charge in [0.1, 0.15) is 0 Å². The van der Waals surface area contributed by atoms with Crippen molar-refractivity contribution in [2.45, 2.75) is 20.0 Å². The van der Waals surface area contributed by atoms with Crippen LogP contribution in [0, 0.1) is 77.2 Å². The maximum Gasteiger partial charge on any atom is 3.00 e. The third kappa shape index (κ3) is 10.2. The van der Waals surface area contributed by atoms with Gasteiger partial charge in [0.05, 0.1) is 0 Å². The average Bonchev–Trinajstić information content (AvgIpc) is 3.75. The molecular weight excluding hydrogens is 873 g/mol. The molecule has 294 valence electrons. The van der Waals surface area contributed by atoms with Crippen molar-refractivity contribution in [1.29, 1.82) is 0 Å². The molecule has 1 aliphatic rings. The zero-order valence-corrected chi connectivity index (χ0v) is 34.9. The number of aryl methyl sites for hydroxylation is 1. The number of hydrogen-bond acceptors (Lipinski definition) is 0. The average molecular weight is 902 g/mol. The molecule has 59 heavy (non-hydrogen) atoms. The molecule has 7 aromatic rings. The summed E-state index contributed by atoms with van der Waals surface area (Å²) in [7, 11) is 4.64. The number of benzene rings is 6. The van der Waals surface area contributed by atoms with Crippen LogP contribution in [-0.2, 0) is 26.2 Å². The van der Waals surface area contributed by atoms with Crippen molar-refractivity contribution in [3.8, 4) is 11.1 Å². The van der Waals surface area contributed by atoms with E-state index >= 15 is 0 Å². The van der Waals surface area contributed by atoms with Gasteiger partial charge >= 0.3 is 226 Å². The molecule has 7 aromatic carbocycles. The topological polar surface area (TPSA) is 0 Å². The first-order valence-corrected chi connectivity index (χ1v) is 19.9. The maximum absolute atomic E-state index is 14.9. The third-order valence-electron chi connectivity index (χ3n) is 8.51. The number of hydrogen-bond donors (Lipinski definition) is 0. The van der Waals surface area contributed by atoms with Gasteiger partial charge in [0.25, 0.3) is 0 Å². The molecule has 0 atom stereocenters. The predicted octanol–water partition coefficient (Wildman–Crippen LogP) is 12.2. The van der Waals surface area contributed by atoms with Crippen molar-refractivity contribution in [3.63, 3.8) is 0 Å². The van der Waals surface area contributed by atoms with E-state index in [4.69, 9.17) is 7.49 Å². The van der Waals surface area contributed by atoms with E-state index < -0.39 is 94.4 Å². The van der Waals surface area contributed by atoms with Crippen LogP contribution in [0.2, 0.25) is 13.1 Å². The van der Waals surface area contributed by atoms with E-state index in [0.717, 1.165) is 12.1 Å². The summed E-state index contributed by atoms with van der Waals surface area (Å²) in [6.07, 6.45) is 0. The van der Waals surface area contributed by atoms with Gasteiger partial charge in [-0.3, -0.25) is 0 Å². The van der Waals surface area contributed by atoms with Gasteiger partial charge in [-0.1, -0.05) is 13.0 Å². The molecule has 1 aliphatic carbocycles. The van der Waals surface area contributed by atoms with Crippen molar-refractivity contribution < 1.29 is 70.1 Å². The summed E-state index contributed by atoms with van der Waals surface area (Å²) >= 11 is 0. The minimum absolute atomic E-state index is 0. The SMILES string of the molecule is Cc1cc2ccccc2[cH-]1.[B]=C1C(C=[Si](C)C)=C(c2c(F)c(F)c(F)c(F)c2F)c2c1cccc2-c1c(F)c(F)c(F)c(F)c1F.[Zr+3].[c-]1ccccc1.[c-]1ccccc1. The summed E-state index contributed by atoms with van der Waals surface area (Å²) in [6.45, 7) is 5.50. The zero-order valence-electron chi connectivity index (χ0n) is 31.4. The summed E-state index contributed by atoms with van der Waals surface area (Å²) in [5.74, 6) is -23.1. The molecule has 0 N–H and O–H groups in total. The van der Waals surface area contributed by atoms with Gasteiger partial charge in [0.2, 0.25) is 0 Å². The molecular formula is C46H29BF10SiZr. The van der Waals surface area contributed by atoms with Gasteiger partial charge in [-0.2, -0.15) is 78.9 Å². The molecule has 13 heteroatoms. The molecule has 0 saturated carbocycles. The fourth-order valence-corrected chi connectivity index (χ4v) is 6.90. The molecule has 0 heterocycles. The summed E-state index contributed by atoms with van der Waals surface area (Å²) in [5.41, 5.74) is -2.84. The van der Waals surface area contributed by atoms with Crippen molar-refractivity contribution in [2.24, 2.45) is 0 Å². The van der Waals surface area contributed by atoms with E-state index in [1.54, 1.807) is 13.1 Å². The second-order valence-corrected chi connectivity index (χ2v) is 15.3. The van der Waals surface area contributed by atoms with Crippen molar-refractivity contribution in [1.82, 2.24) is 0 Å². The van der Waals surface area contributed by atoms with E-state index in [-0.39, 0.29) is 42.8 Å². The second-order valence-electron chi connectivity index (χ2n) is 12.9. The minimum Gasteiger partial charge on any atom is -0.184 e.